The molecule has 0 fully saturated rings. The van der Waals surface area contributed by atoms with Crippen LogP contribution in [0.25, 0.3) is 0 Å². The smallest absolute Gasteiger partial charge is 0.250 e. The normalized spacial score (nSPS) is 19.8. The van der Waals surface area contributed by atoms with Crippen LogP contribution in [0.2, 0.25) is 0 Å². The first-order valence-electron chi connectivity index (χ1n) is 11.0. The molecule has 1 unspecified atom stereocenters. The van der Waals surface area contributed by atoms with Crippen LogP contribution in [0.4, 0.5) is 5.95 Å². The zero-order valence-electron chi connectivity index (χ0n) is 19.6. The molecule has 1 aliphatic carbocycles. The second-order valence-corrected chi connectivity index (χ2v) is 8.96. The largest absolute Gasteiger partial charge is 0.331 e. The molecular formula is C26H33N5O. The number of H-pyrrole nitrogens is 1. The van der Waals surface area contributed by atoms with E-state index in [4.69, 9.17) is 0 Å². The molecule has 3 rings (SSSR count). The lowest BCUT2D eigenvalue weighted by molar-refractivity contribution is -0.112. The van der Waals surface area contributed by atoms with E-state index in [1.54, 1.807) is 18.5 Å². The van der Waals surface area contributed by atoms with Crippen molar-refractivity contribution >= 4 is 11.9 Å². The number of aromatic amines is 1. The zero-order chi connectivity index (χ0) is 23.1. The Morgan fingerprint density at radius 2 is 2.06 bits per heavy atom. The summed E-state index contributed by atoms with van der Waals surface area (Å²) in [5.74, 6) is 0.228. The molecule has 168 valence electrons. The summed E-state index contributed by atoms with van der Waals surface area (Å²) in [6, 6.07) is 0.370. The predicted molar refractivity (Wildman–Crippen MR) is 130 cm³/mol. The van der Waals surface area contributed by atoms with Gasteiger partial charge in [-0.15, -0.1) is 0 Å². The Labute approximate surface area is 190 Å². The molecule has 2 N–H and O–H groups in total. The highest BCUT2D eigenvalue weighted by molar-refractivity contribution is 5.98. The Kier molecular flexibility index (Phi) is 7.46. The minimum atomic E-state index is -0.211. The van der Waals surface area contributed by atoms with Crippen molar-refractivity contribution in [1.29, 1.82) is 0 Å². The Morgan fingerprint density at radius 3 is 2.75 bits per heavy atom. The van der Waals surface area contributed by atoms with Gasteiger partial charge in [-0.2, -0.15) is 0 Å². The molecule has 32 heavy (non-hydrogen) atoms. The number of imidazole rings is 2. The topological polar surface area (TPSA) is 75.6 Å². The van der Waals surface area contributed by atoms with Crippen molar-refractivity contribution in [2.24, 2.45) is 5.41 Å². The van der Waals surface area contributed by atoms with Crippen molar-refractivity contribution in [3.63, 3.8) is 0 Å². The molecule has 1 aliphatic rings. The number of nitrogens with one attached hydrogen (secondary N) is 2. The lowest BCUT2D eigenvalue weighted by atomic mass is 9.71. The maximum Gasteiger partial charge on any atom is 0.250 e. The van der Waals surface area contributed by atoms with E-state index in [0.717, 1.165) is 24.0 Å². The van der Waals surface area contributed by atoms with Gasteiger partial charge in [-0.3, -0.25) is 10.1 Å². The molecule has 0 saturated heterocycles. The predicted octanol–water partition coefficient (Wildman–Crippen LogP) is 5.93. The highest BCUT2D eigenvalue weighted by atomic mass is 16.1. The molecule has 0 aromatic carbocycles. The van der Waals surface area contributed by atoms with Gasteiger partial charge in [0.05, 0.1) is 12.4 Å². The van der Waals surface area contributed by atoms with Crippen LogP contribution in [0.3, 0.4) is 0 Å². The van der Waals surface area contributed by atoms with Gasteiger partial charge in [0.1, 0.15) is 0 Å². The Hall–Kier alpha value is -3.41. The number of aromatic nitrogens is 4. The first-order valence-corrected chi connectivity index (χ1v) is 11.0. The van der Waals surface area contributed by atoms with Gasteiger partial charge in [-0.1, -0.05) is 49.8 Å². The lowest BCUT2D eigenvalue weighted by Gasteiger charge is -2.37. The molecule has 2 aromatic heterocycles. The van der Waals surface area contributed by atoms with E-state index in [1.165, 1.54) is 11.1 Å². The molecule has 0 saturated carbocycles. The standard InChI is InChI=1S/C26H33N5O/c1-19(7-6-8-20(2)17-24(32)30-25-28-13-14-29-25)9-10-22-21(3)23(11-12-26(22,4)5)31-16-15-27-18-31/h6-10,13-18,23H,11-12H2,1-5H3,(H2,28,29,30,32)/b8-6+,10-9+,19-7+,20-17+. The third-order valence-electron chi connectivity index (χ3n) is 5.91. The number of carbonyl (C=O) groups is 1. The number of hydrogen-bond donors (Lipinski definition) is 2. The van der Waals surface area contributed by atoms with Crippen LogP contribution in [-0.2, 0) is 4.79 Å². The fourth-order valence-electron chi connectivity index (χ4n) is 4.11. The van der Waals surface area contributed by atoms with Crippen molar-refractivity contribution in [2.45, 2.75) is 53.5 Å². The molecule has 0 bridgehead atoms. The molecule has 1 atom stereocenters. The van der Waals surface area contributed by atoms with E-state index in [-0.39, 0.29) is 11.3 Å². The van der Waals surface area contributed by atoms with Gasteiger partial charge in [0, 0.05) is 30.9 Å². The maximum atomic E-state index is 12.0. The minimum Gasteiger partial charge on any atom is -0.331 e. The van der Waals surface area contributed by atoms with Crippen molar-refractivity contribution in [3.8, 4) is 0 Å². The van der Waals surface area contributed by atoms with Gasteiger partial charge < -0.3 is 9.55 Å². The third-order valence-corrected chi connectivity index (χ3v) is 5.91. The number of carbonyl (C=O) groups excluding carboxylic acids is 1. The van der Waals surface area contributed by atoms with Crippen LogP contribution < -0.4 is 5.32 Å². The maximum absolute atomic E-state index is 12.0. The summed E-state index contributed by atoms with van der Waals surface area (Å²) < 4.78 is 2.21. The quantitative estimate of drug-likeness (QED) is 0.421. The van der Waals surface area contributed by atoms with Gasteiger partial charge >= 0.3 is 0 Å². The van der Waals surface area contributed by atoms with Gasteiger partial charge in [-0.25, -0.2) is 9.97 Å². The van der Waals surface area contributed by atoms with Crippen molar-refractivity contribution in [1.82, 2.24) is 19.5 Å². The van der Waals surface area contributed by atoms with Gasteiger partial charge in [-0.05, 0) is 55.7 Å². The SMILES string of the molecule is CC1=C(/C=C/C(C)=C/C=C/C(C)=C/C(=O)Nc2ncc[nH]2)C(C)(C)CCC1n1ccnc1. The van der Waals surface area contributed by atoms with E-state index in [1.807, 2.05) is 31.6 Å². The molecule has 2 aromatic rings. The first-order chi connectivity index (χ1) is 15.3. The molecule has 1 amide bonds. The summed E-state index contributed by atoms with van der Waals surface area (Å²) in [4.78, 5) is 23.0. The molecule has 0 aliphatic heterocycles. The zero-order valence-corrected chi connectivity index (χ0v) is 19.6. The summed E-state index contributed by atoms with van der Waals surface area (Å²) in [5.41, 5.74) is 4.95. The molecule has 0 radical (unpaired) electrons. The number of rotatable bonds is 7. The summed E-state index contributed by atoms with van der Waals surface area (Å²) in [6.07, 6.45) is 23.3. The van der Waals surface area contributed by atoms with Gasteiger partial charge in [0.15, 0.2) is 0 Å². The summed E-state index contributed by atoms with van der Waals surface area (Å²) in [7, 11) is 0. The second kappa shape index (κ2) is 10.3. The van der Waals surface area contributed by atoms with Crippen LogP contribution in [0, 0.1) is 5.41 Å². The Morgan fingerprint density at radius 1 is 1.25 bits per heavy atom. The molecule has 6 heteroatoms. The minimum absolute atomic E-state index is 0.147. The number of allylic oxidation sites excluding steroid dienone is 9. The molecule has 2 heterocycles. The van der Waals surface area contributed by atoms with Gasteiger partial charge in [0.25, 0.3) is 5.91 Å². The van der Waals surface area contributed by atoms with Crippen LogP contribution in [-0.4, -0.2) is 25.4 Å². The fraction of sp³-hybridized carbons (Fsp3) is 0.346. The van der Waals surface area contributed by atoms with E-state index >= 15 is 0 Å². The van der Waals surface area contributed by atoms with E-state index < -0.39 is 0 Å². The number of anilines is 1. The van der Waals surface area contributed by atoms with Crippen molar-refractivity contribution in [3.05, 3.63) is 89.9 Å². The monoisotopic (exact) mass is 431 g/mol. The Bertz CT molecular complexity index is 1060. The highest BCUT2D eigenvalue weighted by Gasteiger charge is 2.32. The number of amides is 1. The Balaban J connectivity index is 1.67. The number of nitrogens with zero attached hydrogens (tertiary/aromatic N) is 3. The second-order valence-electron chi connectivity index (χ2n) is 8.96. The average Bonchev–Trinajstić information content (AvgIpc) is 3.41. The molecular weight excluding hydrogens is 398 g/mol. The van der Waals surface area contributed by atoms with Gasteiger partial charge in [0.2, 0.25) is 5.95 Å². The summed E-state index contributed by atoms with van der Waals surface area (Å²) in [5, 5.41) is 2.68. The molecule has 0 spiro atoms. The van der Waals surface area contributed by atoms with Crippen LogP contribution >= 0.6 is 0 Å². The number of hydrogen-bond acceptors (Lipinski definition) is 3. The van der Waals surface area contributed by atoms with Crippen LogP contribution in [0.15, 0.2) is 89.9 Å². The highest BCUT2D eigenvalue weighted by Crippen LogP contribution is 2.45. The van der Waals surface area contributed by atoms with E-state index in [2.05, 4.69) is 77.0 Å². The van der Waals surface area contributed by atoms with Crippen LogP contribution in [0.5, 0.6) is 0 Å². The fourth-order valence-corrected chi connectivity index (χ4v) is 4.11. The van der Waals surface area contributed by atoms with Crippen molar-refractivity contribution < 1.29 is 4.79 Å². The average molecular weight is 432 g/mol. The third kappa shape index (κ3) is 6.06. The first kappa shape index (κ1) is 23.3. The summed E-state index contributed by atoms with van der Waals surface area (Å²) in [6.45, 7) is 10.9. The van der Waals surface area contributed by atoms with Crippen LogP contribution in [0.1, 0.15) is 53.5 Å². The van der Waals surface area contributed by atoms with Crippen molar-refractivity contribution in [2.75, 3.05) is 5.32 Å². The lowest BCUT2D eigenvalue weighted by Crippen LogP contribution is -2.25. The van der Waals surface area contributed by atoms with E-state index in [0.29, 0.717) is 12.0 Å². The molecule has 6 nitrogen and oxygen atoms in total. The van der Waals surface area contributed by atoms with E-state index in [9.17, 15) is 4.79 Å². The summed E-state index contributed by atoms with van der Waals surface area (Å²) >= 11 is 0.